The van der Waals surface area contributed by atoms with Crippen LogP contribution in [-0.2, 0) is 7.05 Å². The molecule has 0 aromatic carbocycles. The molecular formula is C11H14N4OS. The van der Waals surface area contributed by atoms with E-state index in [4.69, 9.17) is 5.73 Å². The summed E-state index contributed by atoms with van der Waals surface area (Å²) < 4.78 is 1.78. The minimum absolute atomic E-state index is 0.0504. The molecule has 0 radical (unpaired) electrons. The fraction of sp³-hybridized carbons (Fsp3) is 0.455. The number of nitrogens with two attached hydrogens (primary N) is 1. The molecule has 5 nitrogen and oxygen atoms in total. The van der Waals surface area contributed by atoms with Crippen molar-refractivity contribution >= 4 is 33.1 Å². The molecule has 90 valence electrons. The summed E-state index contributed by atoms with van der Waals surface area (Å²) in [5, 5.41) is 8.18. The summed E-state index contributed by atoms with van der Waals surface area (Å²) in [5.41, 5.74) is 7.49. The van der Waals surface area contributed by atoms with Crippen LogP contribution in [0.4, 0.5) is 5.69 Å². The number of aryl methyl sites for hydroxylation is 2. The number of hydrogen-bond donors (Lipinski definition) is 2. The Kier molecular flexibility index (Phi) is 2.16. The quantitative estimate of drug-likeness (QED) is 0.846. The zero-order valence-electron chi connectivity index (χ0n) is 9.78. The van der Waals surface area contributed by atoms with Crippen LogP contribution >= 0.6 is 11.3 Å². The third-order valence-corrected chi connectivity index (χ3v) is 4.27. The van der Waals surface area contributed by atoms with Crippen LogP contribution < -0.4 is 11.1 Å². The monoisotopic (exact) mass is 250 g/mol. The maximum Gasteiger partial charge on any atom is 0.263 e. The maximum atomic E-state index is 12.0. The summed E-state index contributed by atoms with van der Waals surface area (Å²) >= 11 is 1.41. The Hall–Kier alpha value is -1.56. The molecule has 0 bridgehead atoms. The van der Waals surface area contributed by atoms with Crippen molar-refractivity contribution in [1.29, 1.82) is 0 Å². The molecule has 2 heterocycles. The molecule has 0 atom stereocenters. The van der Waals surface area contributed by atoms with Crippen LogP contribution in [0, 0.1) is 6.92 Å². The van der Waals surface area contributed by atoms with Gasteiger partial charge in [0.05, 0.1) is 16.8 Å². The van der Waals surface area contributed by atoms with Gasteiger partial charge in [-0.05, 0) is 19.8 Å². The maximum absolute atomic E-state index is 12.0. The third-order valence-electron chi connectivity index (χ3n) is 3.00. The van der Waals surface area contributed by atoms with E-state index in [0.717, 1.165) is 28.8 Å². The minimum Gasteiger partial charge on any atom is -0.397 e. The smallest absolute Gasteiger partial charge is 0.263 e. The first kappa shape index (κ1) is 10.6. The average Bonchev–Trinajstić information content (AvgIpc) is 2.92. The van der Waals surface area contributed by atoms with Crippen LogP contribution in [0.25, 0.3) is 10.2 Å². The molecular weight excluding hydrogens is 236 g/mol. The summed E-state index contributed by atoms with van der Waals surface area (Å²) in [5.74, 6) is -0.0504. The highest BCUT2D eigenvalue weighted by atomic mass is 32.1. The fourth-order valence-corrected chi connectivity index (χ4v) is 3.07. The van der Waals surface area contributed by atoms with Crippen LogP contribution in [0.3, 0.4) is 0 Å². The van der Waals surface area contributed by atoms with Crippen LogP contribution in [0.15, 0.2) is 0 Å². The Morgan fingerprint density at radius 1 is 1.59 bits per heavy atom. The van der Waals surface area contributed by atoms with E-state index < -0.39 is 0 Å². The molecule has 2 aromatic rings. The number of aromatic nitrogens is 2. The number of carbonyl (C=O) groups excluding carboxylic acids is 1. The van der Waals surface area contributed by atoms with E-state index in [1.54, 1.807) is 4.68 Å². The first-order valence-corrected chi connectivity index (χ1v) is 6.42. The van der Waals surface area contributed by atoms with E-state index in [1.165, 1.54) is 11.3 Å². The molecule has 0 aliphatic heterocycles. The van der Waals surface area contributed by atoms with Gasteiger partial charge in [0.1, 0.15) is 9.71 Å². The summed E-state index contributed by atoms with van der Waals surface area (Å²) in [6.45, 7) is 1.91. The average molecular weight is 250 g/mol. The normalized spacial score (nSPS) is 15.4. The first-order chi connectivity index (χ1) is 8.08. The van der Waals surface area contributed by atoms with Crippen LogP contribution in [0.5, 0.6) is 0 Å². The second kappa shape index (κ2) is 3.46. The van der Waals surface area contributed by atoms with Crippen molar-refractivity contribution in [3.05, 3.63) is 10.6 Å². The molecule has 1 fully saturated rings. The predicted molar refractivity (Wildman–Crippen MR) is 68.2 cm³/mol. The highest BCUT2D eigenvalue weighted by molar-refractivity contribution is 7.21. The molecule has 1 aliphatic carbocycles. The lowest BCUT2D eigenvalue weighted by molar-refractivity contribution is 0.0956. The number of nitrogens with one attached hydrogen (secondary N) is 1. The molecule has 6 heteroatoms. The number of nitrogens with zero attached hydrogens (tertiary/aromatic N) is 2. The SMILES string of the molecule is Cc1nn(C)c2sc(C(=O)NC3CC3)c(N)c12. The van der Waals surface area contributed by atoms with Gasteiger partial charge < -0.3 is 11.1 Å². The Morgan fingerprint density at radius 2 is 2.29 bits per heavy atom. The van der Waals surface area contributed by atoms with Gasteiger partial charge in [0, 0.05) is 13.1 Å². The number of fused-ring (bicyclic) bond motifs is 1. The van der Waals surface area contributed by atoms with Crippen molar-refractivity contribution in [2.45, 2.75) is 25.8 Å². The van der Waals surface area contributed by atoms with Crippen molar-refractivity contribution < 1.29 is 4.79 Å². The first-order valence-electron chi connectivity index (χ1n) is 5.60. The fourth-order valence-electron chi connectivity index (χ4n) is 1.98. The molecule has 0 unspecified atom stereocenters. The second-order valence-electron chi connectivity index (χ2n) is 4.48. The zero-order chi connectivity index (χ0) is 12.2. The van der Waals surface area contributed by atoms with Crippen LogP contribution in [0.2, 0.25) is 0 Å². The highest BCUT2D eigenvalue weighted by Crippen LogP contribution is 2.35. The van der Waals surface area contributed by atoms with E-state index in [9.17, 15) is 4.79 Å². The van der Waals surface area contributed by atoms with Gasteiger partial charge in [-0.3, -0.25) is 9.48 Å². The number of thiophene rings is 1. The molecule has 3 N–H and O–H groups in total. The Morgan fingerprint density at radius 3 is 2.88 bits per heavy atom. The third kappa shape index (κ3) is 1.59. The number of nitrogen functional groups attached to an aromatic ring is 1. The lowest BCUT2D eigenvalue weighted by atomic mass is 10.2. The van der Waals surface area contributed by atoms with Gasteiger partial charge in [0.25, 0.3) is 5.91 Å². The number of amides is 1. The topological polar surface area (TPSA) is 72.9 Å². The van der Waals surface area contributed by atoms with Crippen LogP contribution in [-0.4, -0.2) is 21.7 Å². The van der Waals surface area contributed by atoms with E-state index in [-0.39, 0.29) is 5.91 Å². The Labute approximate surface area is 103 Å². The molecule has 1 saturated carbocycles. The number of hydrogen-bond acceptors (Lipinski definition) is 4. The van der Waals surface area contributed by atoms with E-state index in [2.05, 4.69) is 10.4 Å². The lowest BCUT2D eigenvalue weighted by Crippen LogP contribution is -2.25. The molecule has 3 rings (SSSR count). The van der Waals surface area contributed by atoms with Crippen molar-refractivity contribution in [3.8, 4) is 0 Å². The standard InChI is InChI=1S/C11H14N4OS/c1-5-7-8(12)9(10(16)13-6-3-4-6)17-11(7)15(2)14-5/h6H,3-4,12H2,1-2H3,(H,13,16). The molecule has 0 saturated heterocycles. The van der Waals surface area contributed by atoms with Crippen molar-refractivity contribution in [1.82, 2.24) is 15.1 Å². The Bertz CT molecular complexity index is 609. The van der Waals surface area contributed by atoms with Gasteiger partial charge in [0.15, 0.2) is 0 Å². The summed E-state index contributed by atoms with van der Waals surface area (Å²) in [6.07, 6.45) is 2.16. The molecule has 17 heavy (non-hydrogen) atoms. The van der Waals surface area contributed by atoms with E-state index in [0.29, 0.717) is 16.6 Å². The molecule has 1 amide bonds. The number of anilines is 1. The summed E-state index contributed by atoms with van der Waals surface area (Å²) in [6, 6.07) is 0.353. The van der Waals surface area contributed by atoms with Crippen molar-refractivity contribution in [2.24, 2.45) is 7.05 Å². The van der Waals surface area contributed by atoms with E-state index in [1.807, 2.05) is 14.0 Å². The largest absolute Gasteiger partial charge is 0.397 e. The summed E-state index contributed by atoms with van der Waals surface area (Å²) in [7, 11) is 1.87. The number of rotatable bonds is 2. The summed E-state index contributed by atoms with van der Waals surface area (Å²) in [4.78, 5) is 13.6. The highest BCUT2D eigenvalue weighted by Gasteiger charge is 2.27. The molecule has 0 spiro atoms. The molecule has 2 aromatic heterocycles. The zero-order valence-corrected chi connectivity index (χ0v) is 10.6. The van der Waals surface area contributed by atoms with Gasteiger partial charge >= 0.3 is 0 Å². The van der Waals surface area contributed by atoms with Gasteiger partial charge in [-0.2, -0.15) is 5.10 Å². The molecule has 1 aliphatic rings. The Balaban J connectivity index is 2.07. The van der Waals surface area contributed by atoms with E-state index >= 15 is 0 Å². The van der Waals surface area contributed by atoms with Crippen LogP contribution in [0.1, 0.15) is 28.2 Å². The van der Waals surface area contributed by atoms with Gasteiger partial charge in [-0.15, -0.1) is 11.3 Å². The van der Waals surface area contributed by atoms with Gasteiger partial charge in [-0.25, -0.2) is 0 Å². The van der Waals surface area contributed by atoms with Crippen molar-refractivity contribution in [2.75, 3.05) is 5.73 Å². The lowest BCUT2D eigenvalue weighted by Gasteiger charge is -2.01. The second-order valence-corrected chi connectivity index (χ2v) is 5.48. The minimum atomic E-state index is -0.0504. The predicted octanol–water partition coefficient (Wildman–Crippen LogP) is 1.42. The van der Waals surface area contributed by atoms with Gasteiger partial charge in [-0.1, -0.05) is 0 Å². The van der Waals surface area contributed by atoms with Gasteiger partial charge in [0.2, 0.25) is 0 Å². The number of carbonyl (C=O) groups is 1. The van der Waals surface area contributed by atoms with Crippen molar-refractivity contribution in [3.63, 3.8) is 0 Å².